The number of nitrogen functional groups attached to an aromatic ring is 1. The molecule has 17 heavy (non-hydrogen) atoms. The predicted octanol–water partition coefficient (Wildman–Crippen LogP) is 2.83. The summed E-state index contributed by atoms with van der Waals surface area (Å²) in [6, 6.07) is 1.65. The number of hydrogen-bond donors (Lipinski definition) is 1. The molecular formula is C10H12ClF3N2O. The maximum atomic E-state index is 11.8. The lowest BCUT2D eigenvalue weighted by atomic mass is 10.1. The minimum absolute atomic E-state index is 0.0193. The van der Waals surface area contributed by atoms with Crippen molar-refractivity contribution in [1.29, 1.82) is 0 Å². The highest BCUT2D eigenvalue weighted by Gasteiger charge is 2.27. The van der Waals surface area contributed by atoms with Crippen molar-refractivity contribution in [3.05, 3.63) is 22.8 Å². The monoisotopic (exact) mass is 268 g/mol. The Kier molecular flexibility index (Phi) is 5.02. The molecule has 2 N–H and O–H groups in total. The van der Waals surface area contributed by atoms with Crippen LogP contribution in [0.4, 0.5) is 19.0 Å². The van der Waals surface area contributed by atoms with Crippen LogP contribution in [-0.4, -0.2) is 24.4 Å². The zero-order chi connectivity index (χ0) is 12.9. The first kappa shape index (κ1) is 14.1. The summed E-state index contributed by atoms with van der Waals surface area (Å²) in [6.07, 6.45) is -1.95. The fraction of sp³-hybridized carbons (Fsp3) is 0.500. The summed E-state index contributed by atoms with van der Waals surface area (Å²) in [6.45, 7) is -1.21. The normalized spacial score (nSPS) is 11.8. The standard InChI is InChI=1S/C10H12ClF3N2O/c11-8-4-7(9(15)16-5-8)2-1-3-17-6-10(12,13)14/h4-5H,1-3,6H2,(H2,15,16). The molecular weight excluding hydrogens is 257 g/mol. The maximum Gasteiger partial charge on any atom is 0.411 e. The number of aryl methyl sites for hydroxylation is 1. The van der Waals surface area contributed by atoms with Gasteiger partial charge in [0.25, 0.3) is 0 Å². The van der Waals surface area contributed by atoms with Crippen LogP contribution in [0, 0.1) is 0 Å². The van der Waals surface area contributed by atoms with E-state index in [-0.39, 0.29) is 6.61 Å². The Balaban J connectivity index is 2.29. The second-order valence-electron chi connectivity index (χ2n) is 3.47. The van der Waals surface area contributed by atoms with Gasteiger partial charge in [-0.25, -0.2) is 4.98 Å². The van der Waals surface area contributed by atoms with E-state index in [2.05, 4.69) is 9.72 Å². The lowest BCUT2D eigenvalue weighted by Crippen LogP contribution is -2.17. The molecule has 0 amide bonds. The maximum absolute atomic E-state index is 11.8. The van der Waals surface area contributed by atoms with Gasteiger partial charge in [-0.15, -0.1) is 0 Å². The number of rotatable bonds is 5. The van der Waals surface area contributed by atoms with E-state index in [9.17, 15) is 13.2 Å². The summed E-state index contributed by atoms with van der Waals surface area (Å²) in [7, 11) is 0. The van der Waals surface area contributed by atoms with Crippen LogP contribution in [0.2, 0.25) is 5.02 Å². The molecule has 0 saturated heterocycles. The molecule has 0 radical (unpaired) electrons. The average molecular weight is 269 g/mol. The summed E-state index contributed by atoms with van der Waals surface area (Å²) in [4.78, 5) is 3.84. The third kappa shape index (κ3) is 5.74. The van der Waals surface area contributed by atoms with Gasteiger partial charge in [0.15, 0.2) is 0 Å². The van der Waals surface area contributed by atoms with Gasteiger partial charge in [-0.05, 0) is 24.5 Å². The van der Waals surface area contributed by atoms with Gasteiger partial charge in [0.2, 0.25) is 0 Å². The highest BCUT2D eigenvalue weighted by molar-refractivity contribution is 6.30. The van der Waals surface area contributed by atoms with Crippen molar-refractivity contribution < 1.29 is 17.9 Å². The Labute approximate surface area is 102 Å². The third-order valence-electron chi connectivity index (χ3n) is 1.97. The van der Waals surface area contributed by atoms with Gasteiger partial charge < -0.3 is 10.5 Å². The highest BCUT2D eigenvalue weighted by Crippen LogP contribution is 2.17. The quantitative estimate of drug-likeness (QED) is 0.836. The Morgan fingerprint density at radius 2 is 2.12 bits per heavy atom. The number of alkyl halides is 3. The van der Waals surface area contributed by atoms with Crippen LogP contribution in [0.5, 0.6) is 0 Å². The zero-order valence-corrected chi connectivity index (χ0v) is 9.68. The second kappa shape index (κ2) is 6.07. The van der Waals surface area contributed by atoms with E-state index in [1.807, 2.05) is 0 Å². The van der Waals surface area contributed by atoms with E-state index < -0.39 is 12.8 Å². The molecule has 0 unspecified atom stereocenters. The lowest BCUT2D eigenvalue weighted by molar-refractivity contribution is -0.174. The van der Waals surface area contributed by atoms with Crippen LogP contribution >= 0.6 is 11.6 Å². The van der Waals surface area contributed by atoms with Crippen molar-refractivity contribution in [2.75, 3.05) is 18.9 Å². The SMILES string of the molecule is Nc1ncc(Cl)cc1CCCOCC(F)(F)F. The fourth-order valence-electron chi connectivity index (χ4n) is 1.24. The Morgan fingerprint density at radius 3 is 2.76 bits per heavy atom. The molecule has 0 aromatic carbocycles. The molecule has 0 spiro atoms. The summed E-state index contributed by atoms with van der Waals surface area (Å²) in [5, 5.41) is 0.449. The summed E-state index contributed by atoms with van der Waals surface area (Å²) < 4.78 is 39.7. The molecule has 0 saturated carbocycles. The van der Waals surface area contributed by atoms with Gasteiger partial charge >= 0.3 is 6.18 Å². The molecule has 1 aromatic heterocycles. The van der Waals surface area contributed by atoms with Crippen molar-refractivity contribution in [2.45, 2.75) is 19.0 Å². The summed E-state index contributed by atoms with van der Waals surface area (Å²) >= 11 is 5.72. The smallest absolute Gasteiger partial charge is 0.383 e. The van der Waals surface area contributed by atoms with Crippen LogP contribution < -0.4 is 5.73 Å². The number of ether oxygens (including phenoxy) is 1. The molecule has 96 valence electrons. The summed E-state index contributed by atoms with van der Waals surface area (Å²) in [5.41, 5.74) is 6.30. The topological polar surface area (TPSA) is 48.1 Å². The van der Waals surface area contributed by atoms with E-state index in [0.717, 1.165) is 0 Å². The number of nitrogens with zero attached hydrogens (tertiary/aromatic N) is 1. The largest absolute Gasteiger partial charge is 0.411 e. The number of nitrogens with two attached hydrogens (primary N) is 1. The lowest BCUT2D eigenvalue weighted by Gasteiger charge is -2.08. The molecule has 1 aromatic rings. The molecule has 0 aliphatic carbocycles. The first-order chi connectivity index (χ1) is 7.88. The fourth-order valence-corrected chi connectivity index (χ4v) is 1.43. The first-order valence-corrected chi connectivity index (χ1v) is 5.30. The van der Waals surface area contributed by atoms with E-state index in [1.54, 1.807) is 6.07 Å². The summed E-state index contributed by atoms with van der Waals surface area (Å²) in [5.74, 6) is 0.338. The van der Waals surface area contributed by atoms with E-state index in [1.165, 1.54) is 6.20 Å². The van der Waals surface area contributed by atoms with Gasteiger partial charge in [0.1, 0.15) is 12.4 Å². The van der Waals surface area contributed by atoms with Crippen molar-refractivity contribution in [2.24, 2.45) is 0 Å². The minimum Gasteiger partial charge on any atom is -0.383 e. The van der Waals surface area contributed by atoms with Gasteiger partial charge in [0, 0.05) is 12.8 Å². The van der Waals surface area contributed by atoms with Gasteiger partial charge in [-0.2, -0.15) is 13.2 Å². The van der Waals surface area contributed by atoms with Crippen molar-refractivity contribution in [1.82, 2.24) is 4.98 Å². The molecule has 0 fully saturated rings. The molecule has 3 nitrogen and oxygen atoms in total. The molecule has 0 aliphatic rings. The Hall–Kier alpha value is -1.01. The zero-order valence-electron chi connectivity index (χ0n) is 8.93. The average Bonchev–Trinajstić information content (AvgIpc) is 2.21. The molecule has 7 heteroatoms. The van der Waals surface area contributed by atoms with Crippen LogP contribution in [-0.2, 0) is 11.2 Å². The minimum atomic E-state index is -4.28. The first-order valence-electron chi connectivity index (χ1n) is 4.93. The van der Waals surface area contributed by atoms with E-state index >= 15 is 0 Å². The number of halogens is 4. The third-order valence-corrected chi connectivity index (χ3v) is 2.18. The Morgan fingerprint density at radius 1 is 1.41 bits per heavy atom. The number of aromatic nitrogens is 1. The van der Waals surface area contributed by atoms with E-state index in [4.69, 9.17) is 17.3 Å². The van der Waals surface area contributed by atoms with E-state index in [0.29, 0.717) is 29.2 Å². The molecule has 0 bridgehead atoms. The van der Waals surface area contributed by atoms with Crippen LogP contribution in [0.15, 0.2) is 12.3 Å². The van der Waals surface area contributed by atoms with Gasteiger partial charge in [-0.3, -0.25) is 0 Å². The number of hydrogen-bond acceptors (Lipinski definition) is 3. The molecule has 1 rings (SSSR count). The van der Waals surface area contributed by atoms with Gasteiger partial charge in [0.05, 0.1) is 5.02 Å². The Bertz CT molecular complexity index is 371. The highest BCUT2D eigenvalue weighted by atomic mass is 35.5. The van der Waals surface area contributed by atoms with Crippen LogP contribution in [0.1, 0.15) is 12.0 Å². The molecule has 0 atom stereocenters. The van der Waals surface area contributed by atoms with Crippen LogP contribution in [0.3, 0.4) is 0 Å². The predicted molar refractivity (Wildman–Crippen MR) is 58.9 cm³/mol. The molecule has 0 aliphatic heterocycles. The second-order valence-corrected chi connectivity index (χ2v) is 3.91. The van der Waals surface area contributed by atoms with Gasteiger partial charge in [-0.1, -0.05) is 11.6 Å². The van der Waals surface area contributed by atoms with Crippen molar-refractivity contribution >= 4 is 17.4 Å². The van der Waals surface area contributed by atoms with Crippen molar-refractivity contribution in [3.8, 4) is 0 Å². The molecule has 1 heterocycles. The van der Waals surface area contributed by atoms with Crippen LogP contribution in [0.25, 0.3) is 0 Å². The van der Waals surface area contributed by atoms with Crippen molar-refractivity contribution in [3.63, 3.8) is 0 Å². The number of pyridine rings is 1. The number of anilines is 1.